The third-order valence-electron chi connectivity index (χ3n) is 3.45. The Balaban J connectivity index is 1.68. The highest BCUT2D eigenvalue weighted by Crippen LogP contribution is 2.14. The minimum absolute atomic E-state index is 0.820. The van der Waals surface area contributed by atoms with E-state index in [1.54, 1.807) is 0 Å². The van der Waals surface area contributed by atoms with Crippen molar-refractivity contribution in [1.82, 2.24) is 20.1 Å². The number of nitrogens with one attached hydrogen (secondary N) is 1. The lowest BCUT2D eigenvalue weighted by Crippen LogP contribution is -2.15. The summed E-state index contributed by atoms with van der Waals surface area (Å²) in [6.45, 7) is 3.68. The van der Waals surface area contributed by atoms with Crippen LogP contribution in [0.2, 0.25) is 0 Å². The van der Waals surface area contributed by atoms with Gasteiger partial charge >= 0.3 is 0 Å². The highest BCUT2D eigenvalue weighted by atomic mass is 15.3. The molecule has 3 rings (SSSR count). The van der Waals surface area contributed by atoms with Crippen molar-refractivity contribution in [3.63, 3.8) is 0 Å². The second-order valence-electron chi connectivity index (χ2n) is 5.03. The first kappa shape index (κ1) is 12.8. The topological polar surface area (TPSA) is 42.7 Å². The summed E-state index contributed by atoms with van der Waals surface area (Å²) >= 11 is 0. The zero-order valence-corrected chi connectivity index (χ0v) is 11.8. The van der Waals surface area contributed by atoms with Crippen molar-refractivity contribution in [2.75, 3.05) is 0 Å². The van der Waals surface area contributed by atoms with Crippen molar-refractivity contribution < 1.29 is 0 Å². The van der Waals surface area contributed by atoms with E-state index in [-0.39, 0.29) is 0 Å². The Kier molecular flexibility index (Phi) is 3.48. The number of aryl methyl sites for hydroxylation is 2. The van der Waals surface area contributed by atoms with Gasteiger partial charge in [0.25, 0.3) is 0 Å². The predicted octanol–water partition coefficient (Wildman–Crippen LogP) is 2.57. The van der Waals surface area contributed by atoms with Crippen molar-refractivity contribution >= 4 is 10.9 Å². The third-order valence-corrected chi connectivity index (χ3v) is 3.45. The molecule has 0 aliphatic rings. The van der Waals surface area contributed by atoms with Crippen molar-refractivity contribution in [3.8, 4) is 0 Å². The van der Waals surface area contributed by atoms with Crippen LogP contribution >= 0.6 is 0 Å². The van der Waals surface area contributed by atoms with Crippen molar-refractivity contribution in [1.29, 1.82) is 0 Å². The highest BCUT2D eigenvalue weighted by molar-refractivity contribution is 5.79. The molecule has 2 aromatic heterocycles. The van der Waals surface area contributed by atoms with E-state index in [0.717, 1.165) is 24.3 Å². The second-order valence-corrected chi connectivity index (χ2v) is 5.03. The number of hydrogen-bond donors (Lipinski definition) is 1. The molecule has 2 heterocycles. The fourth-order valence-electron chi connectivity index (χ4n) is 2.30. The summed E-state index contributed by atoms with van der Waals surface area (Å²) in [6.07, 6.45) is 1.82. The smallest absolute Gasteiger partial charge is 0.0705 e. The molecule has 20 heavy (non-hydrogen) atoms. The van der Waals surface area contributed by atoms with Gasteiger partial charge in [0, 0.05) is 37.4 Å². The Morgan fingerprint density at radius 2 is 2.00 bits per heavy atom. The van der Waals surface area contributed by atoms with Crippen LogP contribution in [-0.2, 0) is 20.1 Å². The quantitative estimate of drug-likeness (QED) is 0.789. The standard InChI is InChI=1S/C16H18N4/c1-12-3-5-14-9-13(4-6-16(14)19-12)10-17-11-15-7-8-18-20(15)2/h3-9,17H,10-11H2,1-2H3. The Bertz CT molecular complexity index is 730. The molecule has 0 spiro atoms. The molecule has 0 radical (unpaired) electrons. The number of benzene rings is 1. The van der Waals surface area contributed by atoms with Gasteiger partial charge in [0.15, 0.2) is 0 Å². The Morgan fingerprint density at radius 1 is 1.10 bits per heavy atom. The molecule has 0 bridgehead atoms. The SMILES string of the molecule is Cc1ccc2cc(CNCc3ccnn3C)ccc2n1. The van der Waals surface area contributed by atoms with Crippen LogP contribution in [-0.4, -0.2) is 14.8 Å². The van der Waals surface area contributed by atoms with E-state index in [1.807, 2.05) is 30.9 Å². The van der Waals surface area contributed by atoms with Gasteiger partial charge in [-0.2, -0.15) is 5.10 Å². The maximum atomic E-state index is 4.52. The van der Waals surface area contributed by atoms with Gasteiger partial charge in [-0.15, -0.1) is 0 Å². The number of fused-ring (bicyclic) bond motifs is 1. The molecule has 4 heteroatoms. The number of pyridine rings is 1. The van der Waals surface area contributed by atoms with Gasteiger partial charge in [-0.05, 0) is 36.8 Å². The Labute approximate surface area is 118 Å². The molecule has 0 aliphatic heterocycles. The second kappa shape index (κ2) is 5.43. The summed E-state index contributed by atoms with van der Waals surface area (Å²) < 4.78 is 1.89. The summed E-state index contributed by atoms with van der Waals surface area (Å²) in [4.78, 5) is 4.52. The Hall–Kier alpha value is -2.20. The van der Waals surface area contributed by atoms with Gasteiger partial charge in [-0.25, -0.2) is 0 Å². The van der Waals surface area contributed by atoms with E-state index in [2.05, 4.69) is 45.7 Å². The summed E-state index contributed by atoms with van der Waals surface area (Å²) in [5, 5.41) is 8.79. The molecule has 0 fully saturated rings. The van der Waals surface area contributed by atoms with Crippen molar-refractivity contribution in [2.45, 2.75) is 20.0 Å². The first-order valence-electron chi connectivity index (χ1n) is 6.76. The van der Waals surface area contributed by atoms with Gasteiger partial charge < -0.3 is 5.32 Å². The third kappa shape index (κ3) is 2.70. The summed E-state index contributed by atoms with van der Waals surface area (Å²) in [6, 6.07) is 12.6. The van der Waals surface area contributed by atoms with Crippen LogP contribution in [0, 0.1) is 6.92 Å². The molecule has 0 amide bonds. The molecular formula is C16H18N4. The summed E-state index contributed by atoms with van der Waals surface area (Å²) in [5.74, 6) is 0. The van der Waals surface area contributed by atoms with E-state index < -0.39 is 0 Å². The van der Waals surface area contributed by atoms with E-state index in [4.69, 9.17) is 0 Å². The average molecular weight is 266 g/mol. The molecule has 0 aliphatic carbocycles. The molecule has 3 aromatic rings. The zero-order chi connectivity index (χ0) is 13.9. The lowest BCUT2D eigenvalue weighted by Gasteiger charge is -2.07. The normalized spacial score (nSPS) is 11.1. The van der Waals surface area contributed by atoms with E-state index >= 15 is 0 Å². The molecule has 0 unspecified atom stereocenters. The fourth-order valence-corrected chi connectivity index (χ4v) is 2.30. The van der Waals surface area contributed by atoms with Crippen LogP contribution in [0.3, 0.4) is 0 Å². The summed E-state index contributed by atoms with van der Waals surface area (Å²) in [7, 11) is 1.96. The minimum atomic E-state index is 0.820. The van der Waals surface area contributed by atoms with Crippen LogP contribution in [0.4, 0.5) is 0 Å². The molecule has 4 nitrogen and oxygen atoms in total. The van der Waals surface area contributed by atoms with Crippen molar-refractivity contribution in [2.24, 2.45) is 7.05 Å². The molecule has 0 atom stereocenters. The van der Waals surface area contributed by atoms with Crippen LogP contribution in [0.1, 0.15) is 17.0 Å². The van der Waals surface area contributed by atoms with Gasteiger partial charge in [0.2, 0.25) is 0 Å². The minimum Gasteiger partial charge on any atom is -0.307 e. The highest BCUT2D eigenvalue weighted by Gasteiger charge is 2.00. The van der Waals surface area contributed by atoms with Gasteiger partial charge in [0.1, 0.15) is 0 Å². The van der Waals surface area contributed by atoms with Crippen LogP contribution in [0.25, 0.3) is 10.9 Å². The molecule has 1 N–H and O–H groups in total. The van der Waals surface area contributed by atoms with Crippen LogP contribution in [0.15, 0.2) is 42.6 Å². The van der Waals surface area contributed by atoms with E-state index in [9.17, 15) is 0 Å². The molecule has 1 aromatic carbocycles. The lowest BCUT2D eigenvalue weighted by molar-refractivity contribution is 0.626. The number of aromatic nitrogens is 3. The molecule has 0 saturated carbocycles. The average Bonchev–Trinajstić information content (AvgIpc) is 2.85. The zero-order valence-electron chi connectivity index (χ0n) is 11.8. The van der Waals surface area contributed by atoms with E-state index in [1.165, 1.54) is 16.6 Å². The maximum Gasteiger partial charge on any atom is 0.0705 e. The van der Waals surface area contributed by atoms with Gasteiger partial charge in [0.05, 0.1) is 11.2 Å². The first-order valence-corrected chi connectivity index (χ1v) is 6.76. The molecule has 102 valence electrons. The van der Waals surface area contributed by atoms with Gasteiger partial charge in [-0.3, -0.25) is 9.67 Å². The van der Waals surface area contributed by atoms with Gasteiger partial charge in [-0.1, -0.05) is 12.1 Å². The maximum absolute atomic E-state index is 4.52. The Morgan fingerprint density at radius 3 is 2.80 bits per heavy atom. The largest absolute Gasteiger partial charge is 0.307 e. The number of hydrogen-bond acceptors (Lipinski definition) is 3. The summed E-state index contributed by atoms with van der Waals surface area (Å²) in [5.41, 5.74) is 4.56. The van der Waals surface area contributed by atoms with Crippen LogP contribution in [0.5, 0.6) is 0 Å². The number of rotatable bonds is 4. The fraction of sp³-hybridized carbons (Fsp3) is 0.250. The lowest BCUT2D eigenvalue weighted by atomic mass is 10.1. The van der Waals surface area contributed by atoms with Crippen LogP contribution < -0.4 is 5.32 Å². The number of nitrogens with zero attached hydrogens (tertiary/aromatic N) is 3. The molecule has 0 saturated heterocycles. The predicted molar refractivity (Wildman–Crippen MR) is 80.2 cm³/mol. The first-order chi connectivity index (χ1) is 9.72. The van der Waals surface area contributed by atoms with E-state index in [0.29, 0.717) is 0 Å². The monoisotopic (exact) mass is 266 g/mol. The van der Waals surface area contributed by atoms with Crippen molar-refractivity contribution in [3.05, 3.63) is 59.5 Å². The molecular weight excluding hydrogens is 248 g/mol.